The molecule has 1 saturated heterocycles. The Bertz CT molecular complexity index is 1080. The molecule has 1 unspecified atom stereocenters. The number of H-pyrrole nitrogens is 1. The van der Waals surface area contributed by atoms with Crippen molar-refractivity contribution in [3.05, 3.63) is 70.6 Å². The molecule has 1 atom stereocenters. The van der Waals surface area contributed by atoms with Gasteiger partial charge in [0.1, 0.15) is 11.8 Å². The molecular weight excluding hydrogens is 358 g/mol. The van der Waals surface area contributed by atoms with Gasteiger partial charge in [-0.05, 0) is 54.6 Å². The van der Waals surface area contributed by atoms with Crippen molar-refractivity contribution in [2.75, 3.05) is 17.2 Å². The van der Waals surface area contributed by atoms with Crippen LogP contribution < -0.4 is 16.2 Å². The van der Waals surface area contributed by atoms with Crippen LogP contribution in [0.3, 0.4) is 0 Å². The van der Waals surface area contributed by atoms with Gasteiger partial charge in [0.15, 0.2) is 0 Å². The van der Waals surface area contributed by atoms with Gasteiger partial charge in [-0.25, -0.2) is 0 Å². The summed E-state index contributed by atoms with van der Waals surface area (Å²) in [5.41, 5.74) is 1.04. The van der Waals surface area contributed by atoms with E-state index in [-0.39, 0.29) is 17.2 Å². The van der Waals surface area contributed by atoms with Gasteiger partial charge in [-0.15, -0.1) is 0 Å². The molecular formula is C21H19N3O4. The Balaban J connectivity index is 1.44. The molecule has 3 N–H and O–H groups in total. The number of carbonyl (C=O) groups excluding carboxylic acids is 2. The summed E-state index contributed by atoms with van der Waals surface area (Å²) in [4.78, 5) is 39.3. The first-order valence-electron chi connectivity index (χ1n) is 9.06. The lowest BCUT2D eigenvalue weighted by atomic mass is 10.1. The van der Waals surface area contributed by atoms with Gasteiger partial charge >= 0.3 is 0 Å². The number of hydrogen-bond donors (Lipinski definition) is 3. The van der Waals surface area contributed by atoms with Crippen LogP contribution in [0.25, 0.3) is 10.8 Å². The van der Waals surface area contributed by atoms with Crippen molar-refractivity contribution in [1.82, 2.24) is 4.98 Å². The standard InChI is InChI=1S/C21H19N3O4/c25-19-16-5-2-1-4-13(16)12-17(24-19)20(26)22-14-7-9-15(10-8-14)23-21(27)18-6-3-11-28-18/h1-2,4-5,7-10,12,18H,3,6,11H2,(H,22,26)(H,23,27)(H,24,25). The van der Waals surface area contributed by atoms with Crippen LogP contribution in [0, 0.1) is 0 Å². The number of benzene rings is 2. The zero-order valence-electron chi connectivity index (χ0n) is 15.0. The molecule has 3 aromatic rings. The summed E-state index contributed by atoms with van der Waals surface area (Å²) >= 11 is 0. The van der Waals surface area contributed by atoms with E-state index in [2.05, 4.69) is 15.6 Å². The number of hydrogen-bond acceptors (Lipinski definition) is 4. The third kappa shape index (κ3) is 3.79. The third-order valence-corrected chi connectivity index (χ3v) is 4.63. The van der Waals surface area contributed by atoms with E-state index >= 15 is 0 Å². The number of aromatic nitrogens is 1. The number of fused-ring (bicyclic) bond motifs is 1. The van der Waals surface area contributed by atoms with Gasteiger partial charge in [-0.2, -0.15) is 0 Å². The van der Waals surface area contributed by atoms with Gasteiger partial charge in [-0.1, -0.05) is 18.2 Å². The van der Waals surface area contributed by atoms with Crippen LogP contribution in [-0.4, -0.2) is 29.5 Å². The molecule has 2 amide bonds. The first kappa shape index (κ1) is 17.9. The fourth-order valence-corrected chi connectivity index (χ4v) is 3.18. The Morgan fingerprint density at radius 3 is 2.43 bits per heavy atom. The van der Waals surface area contributed by atoms with Gasteiger partial charge < -0.3 is 20.4 Å². The molecule has 0 radical (unpaired) electrons. The monoisotopic (exact) mass is 377 g/mol. The summed E-state index contributed by atoms with van der Waals surface area (Å²) in [5.74, 6) is -0.581. The lowest BCUT2D eigenvalue weighted by Gasteiger charge is -2.11. The van der Waals surface area contributed by atoms with Crippen LogP contribution in [0.1, 0.15) is 23.3 Å². The van der Waals surface area contributed by atoms with E-state index in [0.717, 1.165) is 12.8 Å². The van der Waals surface area contributed by atoms with Crippen molar-refractivity contribution in [1.29, 1.82) is 0 Å². The molecule has 0 spiro atoms. The molecule has 1 fully saturated rings. The highest BCUT2D eigenvalue weighted by molar-refractivity contribution is 6.05. The summed E-state index contributed by atoms with van der Waals surface area (Å²) in [6.07, 6.45) is 1.22. The van der Waals surface area contributed by atoms with E-state index in [1.54, 1.807) is 48.5 Å². The second-order valence-corrected chi connectivity index (χ2v) is 6.62. The van der Waals surface area contributed by atoms with E-state index in [9.17, 15) is 14.4 Å². The topological polar surface area (TPSA) is 100 Å². The predicted octanol–water partition coefficient (Wildman–Crippen LogP) is 2.90. The molecule has 4 rings (SSSR count). The first-order valence-corrected chi connectivity index (χ1v) is 9.06. The molecule has 1 aromatic heterocycles. The Morgan fingerprint density at radius 2 is 1.71 bits per heavy atom. The number of anilines is 2. The van der Waals surface area contributed by atoms with E-state index < -0.39 is 12.0 Å². The van der Waals surface area contributed by atoms with Gasteiger partial charge in [0, 0.05) is 23.4 Å². The van der Waals surface area contributed by atoms with Crippen molar-refractivity contribution in [2.45, 2.75) is 18.9 Å². The number of aromatic amines is 1. The number of amides is 2. The fraction of sp³-hybridized carbons (Fsp3) is 0.190. The quantitative estimate of drug-likeness (QED) is 0.651. The Kier molecular flexibility index (Phi) is 4.90. The lowest BCUT2D eigenvalue weighted by molar-refractivity contribution is -0.124. The normalized spacial score (nSPS) is 16.1. The van der Waals surface area contributed by atoms with Gasteiger partial charge in [0.25, 0.3) is 17.4 Å². The molecule has 1 aliphatic heterocycles. The zero-order chi connectivity index (χ0) is 19.5. The van der Waals surface area contributed by atoms with Crippen molar-refractivity contribution in [3.8, 4) is 0 Å². The van der Waals surface area contributed by atoms with E-state index in [4.69, 9.17) is 4.74 Å². The number of rotatable bonds is 4. The average molecular weight is 377 g/mol. The third-order valence-electron chi connectivity index (χ3n) is 4.63. The van der Waals surface area contributed by atoms with Crippen LogP contribution in [0.4, 0.5) is 11.4 Å². The fourth-order valence-electron chi connectivity index (χ4n) is 3.18. The Hall–Kier alpha value is -3.45. The number of carbonyl (C=O) groups is 2. The SMILES string of the molecule is O=C(Nc1ccc(NC(=O)C2CCCO2)cc1)c1cc2ccccc2c(=O)[nH]1. The molecule has 0 aliphatic carbocycles. The Labute approximate surface area is 160 Å². The van der Waals surface area contributed by atoms with Crippen molar-refractivity contribution in [3.63, 3.8) is 0 Å². The van der Waals surface area contributed by atoms with Crippen molar-refractivity contribution >= 4 is 34.0 Å². The van der Waals surface area contributed by atoms with E-state index in [1.165, 1.54) is 0 Å². The molecule has 2 heterocycles. The summed E-state index contributed by atoms with van der Waals surface area (Å²) in [6.45, 7) is 0.611. The summed E-state index contributed by atoms with van der Waals surface area (Å²) in [5, 5.41) is 6.77. The van der Waals surface area contributed by atoms with E-state index in [0.29, 0.717) is 28.8 Å². The highest BCUT2D eigenvalue weighted by Crippen LogP contribution is 2.18. The minimum atomic E-state index is -0.418. The molecule has 7 nitrogen and oxygen atoms in total. The highest BCUT2D eigenvalue weighted by atomic mass is 16.5. The number of ether oxygens (including phenoxy) is 1. The average Bonchev–Trinajstić information content (AvgIpc) is 3.24. The summed E-state index contributed by atoms with van der Waals surface area (Å²) < 4.78 is 5.35. The zero-order valence-corrected chi connectivity index (χ0v) is 15.0. The van der Waals surface area contributed by atoms with Crippen LogP contribution >= 0.6 is 0 Å². The molecule has 7 heteroatoms. The molecule has 1 aliphatic rings. The maximum atomic E-state index is 12.5. The minimum Gasteiger partial charge on any atom is -0.368 e. The molecule has 28 heavy (non-hydrogen) atoms. The maximum absolute atomic E-state index is 12.5. The largest absolute Gasteiger partial charge is 0.368 e. The predicted molar refractivity (Wildman–Crippen MR) is 107 cm³/mol. The van der Waals surface area contributed by atoms with Crippen LogP contribution in [-0.2, 0) is 9.53 Å². The highest BCUT2D eigenvalue weighted by Gasteiger charge is 2.23. The number of pyridine rings is 1. The number of nitrogens with one attached hydrogen (secondary N) is 3. The lowest BCUT2D eigenvalue weighted by Crippen LogP contribution is -2.26. The van der Waals surface area contributed by atoms with E-state index in [1.807, 2.05) is 6.07 Å². The van der Waals surface area contributed by atoms with Crippen LogP contribution in [0.15, 0.2) is 59.4 Å². The minimum absolute atomic E-state index is 0.164. The van der Waals surface area contributed by atoms with Crippen molar-refractivity contribution < 1.29 is 14.3 Å². The van der Waals surface area contributed by atoms with Crippen LogP contribution in [0.5, 0.6) is 0 Å². The Morgan fingerprint density at radius 1 is 1.00 bits per heavy atom. The van der Waals surface area contributed by atoms with Crippen LogP contribution in [0.2, 0.25) is 0 Å². The summed E-state index contributed by atoms with van der Waals surface area (Å²) in [6, 6.07) is 15.5. The molecule has 0 bridgehead atoms. The maximum Gasteiger partial charge on any atom is 0.272 e. The molecule has 2 aromatic carbocycles. The van der Waals surface area contributed by atoms with Gasteiger partial charge in [-0.3, -0.25) is 14.4 Å². The second-order valence-electron chi connectivity index (χ2n) is 6.62. The first-order chi connectivity index (χ1) is 13.6. The second kappa shape index (κ2) is 7.66. The summed E-state index contributed by atoms with van der Waals surface area (Å²) in [7, 11) is 0. The van der Waals surface area contributed by atoms with Gasteiger partial charge in [0.05, 0.1) is 0 Å². The smallest absolute Gasteiger partial charge is 0.272 e. The van der Waals surface area contributed by atoms with Crippen molar-refractivity contribution in [2.24, 2.45) is 0 Å². The molecule has 142 valence electrons. The molecule has 0 saturated carbocycles. The van der Waals surface area contributed by atoms with Gasteiger partial charge in [0.2, 0.25) is 0 Å².